The minimum Gasteiger partial charge on any atom is -0.493 e. The Kier molecular flexibility index (Phi) is 6.29. The third kappa shape index (κ3) is 4.63. The second-order valence-electron chi connectivity index (χ2n) is 6.50. The van der Waals surface area contributed by atoms with Crippen molar-refractivity contribution in [1.82, 2.24) is 15.2 Å². The summed E-state index contributed by atoms with van der Waals surface area (Å²) < 4.78 is 12.3. The van der Waals surface area contributed by atoms with E-state index >= 15 is 0 Å². The molecule has 7 nitrogen and oxygen atoms in total. The Hall–Kier alpha value is -3.61. The zero-order valence-corrected chi connectivity index (χ0v) is 17.0. The van der Waals surface area contributed by atoms with Crippen LogP contribution >= 0.6 is 0 Å². The summed E-state index contributed by atoms with van der Waals surface area (Å²) in [5, 5.41) is 8.69. The van der Waals surface area contributed by atoms with Gasteiger partial charge in [-0.3, -0.25) is 9.48 Å². The van der Waals surface area contributed by atoms with Gasteiger partial charge in [-0.25, -0.2) is 5.43 Å². The summed E-state index contributed by atoms with van der Waals surface area (Å²) in [6.07, 6.45) is 1.62. The van der Waals surface area contributed by atoms with Crippen LogP contribution in [0.5, 0.6) is 11.5 Å². The van der Waals surface area contributed by atoms with Crippen molar-refractivity contribution in [2.45, 2.75) is 20.4 Å². The van der Waals surface area contributed by atoms with Gasteiger partial charge in [-0.15, -0.1) is 0 Å². The van der Waals surface area contributed by atoms with E-state index < -0.39 is 0 Å². The van der Waals surface area contributed by atoms with Crippen LogP contribution in [-0.2, 0) is 6.54 Å². The first-order chi connectivity index (χ1) is 14.0. The molecular weight excluding hydrogens is 368 g/mol. The summed E-state index contributed by atoms with van der Waals surface area (Å²) in [6, 6.07) is 15.1. The highest BCUT2D eigenvalue weighted by atomic mass is 16.5. The van der Waals surface area contributed by atoms with Crippen molar-refractivity contribution in [2.75, 3.05) is 14.2 Å². The smallest absolute Gasteiger partial charge is 0.271 e. The van der Waals surface area contributed by atoms with E-state index in [1.54, 1.807) is 31.5 Å². The molecule has 7 heteroatoms. The van der Waals surface area contributed by atoms with E-state index in [1.807, 2.05) is 36.7 Å². The van der Waals surface area contributed by atoms with Crippen molar-refractivity contribution >= 4 is 12.1 Å². The molecule has 3 rings (SSSR count). The molecule has 0 aliphatic heterocycles. The maximum absolute atomic E-state index is 12.4. The topological polar surface area (TPSA) is 77.7 Å². The van der Waals surface area contributed by atoms with Gasteiger partial charge in [0.15, 0.2) is 11.5 Å². The Morgan fingerprint density at radius 2 is 1.83 bits per heavy atom. The highest BCUT2D eigenvalue weighted by Crippen LogP contribution is 2.27. The first-order valence-corrected chi connectivity index (χ1v) is 9.17. The van der Waals surface area contributed by atoms with Crippen LogP contribution in [0.15, 0.2) is 53.6 Å². The molecule has 0 unspecified atom stereocenters. The minimum atomic E-state index is -0.339. The number of amides is 1. The van der Waals surface area contributed by atoms with E-state index in [0.717, 1.165) is 17.0 Å². The van der Waals surface area contributed by atoms with E-state index in [9.17, 15) is 4.79 Å². The summed E-state index contributed by atoms with van der Waals surface area (Å²) in [5.74, 6) is 0.705. The Bertz CT molecular complexity index is 1030. The van der Waals surface area contributed by atoms with Gasteiger partial charge in [-0.05, 0) is 37.6 Å². The van der Waals surface area contributed by atoms with Gasteiger partial charge in [0.2, 0.25) is 0 Å². The summed E-state index contributed by atoms with van der Waals surface area (Å²) in [5.41, 5.74) is 6.85. The third-order valence-corrected chi connectivity index (χ3v) is 4.62. The lowest BCUT2D eigenvalue weighted by Gasteiger charge is -2.08. The molecule has 0 radical (unpaired) electrons. The lowest BCUT2D eigenvalue weighted by molar-refractivity contribution is 0.0954. The van der Waals surface area contributed by atoms with Crippen molar-refractivity contribution < 1.29 is 14.3 Å². The molecule has 0 fully saturated rings. The van der Waals surface area contributed by atoms with Gasteiger partial charge in [0.25, 0.3) is 5.91 Å². The molecule has 2 aromatic carbocycles. The third-order valence-electron chi connectivity index (χ3n) is 4.62. The van der Waals surface area contributed by atoms with Crippen molar-refractivity contribution in [1.29, 1.82) is 0 Å². The van der Waals surface area contributed by atoms with Crippen LogP contribution in [0, 0.1) is 13.8 Å². The molecule has 29 heavy (non-hydrogen) atoms. The van der Waals surface area contributed by atoms with Crippen LogP contribution in [0.1, 0.15) is 32.9 Å². The van der Waals surface area contributed by atoms with Crippen molar-refractivity contribution in [3.05, 3.63) is 76.6 Å². The average molecular weight is 392 g/mol. The molecule has 0 aliphatic carbocycles. The number of aromatic nitrogens is 2. The van der Waals surface area contributed by atoms with Gasteiger partial charge in [-0.1, -0.05) is 30.3 Å². The summed E-state index contributed by atoms with van der Waals surface area (Å²) in [7, 11) is 3.07. The first kappa shape index (κ1) is 20.1. The van der Waals surface area contributed by atoms with Crippen molar-refractivity contribution in [2.24, 2.45) is 5.10 Å². The van der Waals surface area contributed by atoms with E-state index in [1.165, 1.54) is 12.7 Å². The molecule has 1 N–H and O–H groups in total. The first-order valence-electron chi connectivity index (χ1n) is 9.17. The van der Waals surface area contributed by atoms with Crippen LogP contribution in [0.2, 0.25) is 0 Å². The molecule has 0 spiro atoms. The predicted molar refractivity (Wildman–Crippen MR) is 112 cm³/mol. The van der Waals surface area contributed by atoms with Gasteiger partial charge in [0.05, 0.1) is 32.7 Å². The maximum Gasteiger partial charge on any atom is 0.271 e. The number of nitrogens with one attached hydrogen (secondary N) is 1. The number of hydrazone groups is 1. The molecule has 3 aromatic rings. The Balaban J connectivity index is 1.71. The van der Waals surface area contributed by atoms with Gasteiger partial charge < -0.3 is 9.47 Å². The quantitative estimate of drug-likeness (QED) is 0.494. The van der Waals surface area contributed by atoms with Gasteiger partial charge >= 0.3 is 0 Å². The van der Waals surface area contributed by atoms with E-state index in [2.05, 4.69) is 27.8 Å². The zero-order valence-electron chi connectivity index (χ0n) is 17.0. The number of carbonyl (C=O) groups is 1. The number of carbonyl (C=O) groups excluding carboxylic acids is 1. The Labute approximate surface area is 170 Å². The fourth-order valence-electron chi connectivity index (χ4n) is 3.01. The SMILES string of the molecule is COc1ccc(C(=O)N/N=C/c2c(C)nn(Cc3ccccc3)c2C)cc1OC. The fraction of sp³-hybridized carbons (Fsp3) is 0.227. The fourth-order valence-corrected chi connectivity index (χ4v) is 3.01. The molecule has 0 saturated carbocycles. The average Bonchev–Trinajstić information content (AvgIpc) is 3.01. The second kappa shape index (κ2) is 9.05. The Morgan fingerprint density at radius 1 is 1.10 bits per heavy atom. The Morgan fingerprint density at radius 3 is 2.52 bits per heavy atom. The van der Waals surface area contributed by atoms with Crippen molar-refractivity contribution in [3.8, 4) is 11.5 Å². The number of hydrogen-bond acceptors (Lipinski definition) is 5. The molecule has 1 amide bonds. The number of aryl methyl sites for hydroxylation is 1. The van der Waals surface area contributed by atoms with Crippen LogP contribution in [0.3, 0.4) is 0 Å². The summed E-state index contributed by atoms with van der Waals surface area (Å²) in [4.78, 5) is 12.4. The maximum atomic E-state index is 12.4. The predicted octanol–water partition coefficient (Wildman–Crippen LogP) is 3.33. The second-order valence-corrected chi connectivity index (χ2v) is 6.50. The van der Waals surface area contributed by atoms with Gasteiger partial charge in [-0.2, -0.15) is 10.2 Å². The van der Waals surface area contributed by atoms with E-state index in [-0.39, 0.29) is 5.91 Å². The number of benzene rings is 2. The standard InChI is InChI=1S/C22H24N4O3/c1-15-19(16(2)26(25-15)14-17-8-6-5-7-9-17)13-23-24-22(27)18-10-11-20(28-3)21(12-18)29-4/h5-13H,14H2,1-4H3,(H,24,27)/b23-13+. The molecule has 150 valence electrons. The van der Waals surface area contributed by atoms with Crippen LogP contribution < -0.4 is 14.9 Å². The number of rotatable bonds is 7. The molecule has 0 saturated heterocycles. The number of hydrogen-bond donors (Lipinski definition) is 1. The zero-order chi connectivity index (χ0) is 20.8. The molecule has 0 bridgehead atoms. The monoisotopic (exact) mass is 392 g/mol. The number of nitrogens with zero attached hydrogens (tertiary/aromatic N) is 3. The largest absolute Gasteiger partial charge is 0.493 e. The van der Waals surface area contributed by atoms with Gasteiger partial charge in [0.1, 0.15) is 0 Å². The normalized spacial score (nSPS) is 10.9. The summed E-state index contributed by atoms with van der Waals surface area (Å²) >= 11 is 0. The van der Waals surface area contributed by atoms with Crippen LogP contribution in [-0.4, -0.2) is 36.1 Å². The van der Waals surface area contributed by atoms with Crippen LogP contribution in [0.4, 0.5) is 0 Å². The number of methoxy groups -OCH3 is 2. The van der Waals surface area contributed by atoms with Crippen molar-refractivity contribution in [3.63, 3.8) is 0 Å². The van der Waals surface area contributed by atoms with E-state index in [0.29, 0.717) is 23.6 Å². The van der Waals surface area contributed by atoms with Gasteiger partial charge in [0, 0.05) is 16.8 Å². The molecule has 0 aliphatic rings. The highest BCUT2D eigenvalue weighted by molar-refractivity contribution is 5.95. The van der Waals surface area contributed by atoms with E-state index in [4.69, 9.17) is 9.47 Å². The minimum absolute atomic E-state index is 0.339. The molecule has 1 heterocycles. The lowest BCUT2D eigenvalue weighted by Crippen LogP contribution is -2.17. The number of ether oxygens (including phenoxy) is 2. The molecule has 1 aromatic heterocycles. The molecular formula is C22H24N4O3. The summed E-state index contributed by atoms with van der Waals surface area (Å²) in [6.45, 7) is 4.59. The lowest BCUT2D eigenvalue weighted by atomic mass is 10.2. The highest BCUT2D eigenvalue weighted by Gasteiger charge is 2.12. The van der Waals surface area contributed by atoms with Crippen LogP contribution in [0.25, 0.3) is 0 Å². The molecule has 0 atom stereocenters.